The molecule has 2 aliphatic rings. The molecule has 2 heterocycles. The standard InChI is InChI=1S/C21H25N3O7/c1-4-30-20(27)18-12(2)22-21(28)23-14(18)11-31-19(26)13-9-17(25)24(10-13)15-7-5-6-8-16(15)29-3/h5-8,12-13H,4,9-11H2,1-3H3,(H2,22,23,28)/t12-,13+/m0/s1. The zero-order valence-corrected chi connectivity index (χ0v) is 17.6. The first kappa shape index (κ1) is 22.1. The average Bonchev–Trinajstić information content (AvgIpc) is 3.13. The van der Waals surface area contributed by atoms with Crippen molar-refractivity contribution in [2.24, 2.45) is 5.92 Å². The zero-order chi connectivity index (χ0) is 22.5. The summed E-state index contributed by atoms with van der Waals surface area (Å²) in [5.41, 5.74) is 0.929. The number of urea groups is 1. The molecule has 0 spiro atoms. The Labute approximate surface area is 179 Å². The number of benzene rings is 1. The van der Waals surface area contributed by atoms with Crippen LogP contribution in [0, 0.1) is 5.92 Å². The molecule has 1 fully saturated rings. The minimum absolute atomic E-state index is 0.00895. The lowest BCUT2D eigenvalue weighted by Crippen LogP contribution is -2.50. The van der Waals surface area contributed by atoms with Crippen molar-refractivity contribution >= 4 is 29.6 Å². The highest BCUT2D eigenvalue weighted by molar-refractivity contribution is 6.00. The molecule has 0 bridgehead atoms. The van der Waals surface area contributed by atoms with Gasteiger partial charge in [-0.05, 0) is 26.0 Å². The Balaban J connectivity index is 1.70. The Hall–Kier alpha value is -3.56. The van der Waals surface area contributed by atoms with Gasteiger partial charge in [-0.1, -0.05) is 12.1 Å². The molecule has 0 saturated carbocycles. The van der Waals surface area contributed by atoms with Gasteiger partial charge in [-0.3, -0.25) is 9.59 Å². The van der Waals surface area contributed by atoms with Crippen molar-refractivity contribution < 1.29 is 33.4 Å². The first-order valence-electron chi connectivity index (χ1n) is 9.93. The molecule has 0 unspecified atom stereocenters. The van der Waals surface area contributed by atoms with Gasteiger partial charge in [0, 0.05) is 13.0 Å². The summed E-state index contributed by atoms with van der Waals surface area (Å²) in [6.45, 7) is 3.30. The molecule has 1 aromatic carbocycles. The number of rotatable bonds is 7. The second-order valence-corrected chi connectivity index (χ2v) is 7.12. The third kappa shape index (κ3) is 4.79. The number of para-hydroxylation sites is 2. The van der Waals surface area contributed by atoms with Gasteiger partial charge in [-0.15, -0.1) is 0 Å². The van der Waals surface area contributed by atoms with Gasteiger partial charge in [0.2, 0.25) is 5.91 Å². The number of esters is 2. The normalized spacial score (nSPS) is 20.8. The summed E-state index contributed by atoms with van der Waals surface area (Å²) in [4.78, 5) is 50.7. The van der Waals surface area contributed by atoms with Gasteiger partial charge in [0.1, 0.15) is 12.4 Å². The number of hydrogen-bond acceptors (Lipinski definition) is 7. The average molecular weight is 431 g/mol. The van der Waals surface area contributed by atoms with Crippen LogP contribution in [-0.4, -0.2) is 56.8 Å². The Morgan fingerprint density at radius 3 is 2.65 bits per heavy atom. The smallest absolute Gasteiger partial charge is 0.338 e. The highest BCUT2D eigenvalue weighted by atomic mass is 16.5. The van der Waals surface area contributed by atoms with E-state index >= 15 is 0 Å². The monoisotopic (exact) mass is 431 g/mol. The number of carbonyl (C=O) groups excluding carboxylic acids is 4. The van der Waals surface area contributed by atoms with Gasteiger partial charge in [0.15, 0.2) is 0 Å². The predicted molar refractivity (Wildman–Crippen MR) is 109 cm³/mol. The molecule has 3 amide bonds. The summed E-state index contributed by atoms with van der Waals surface area (Å²) in [5, 5.41) is 5.07. The van der Waals surface area contributed by atoms with Crippen molar-refractivity contribution in [3.05, 3.63) is 35.5 Å². The van der Waals surface area contributed by atoms with Gasteiger partial charge in [-0.2, -0.15) is 0 Å². The van der Waals surface area contributed by atoms with Crippen LogP contribution in [0.3, 0.4) is 0 Å². The van der Waals surface area contributed by atoms with Crippen LogP contribution < -0.4 is 20.3 Å². The maximum Gasteiger partial charge on any atom is 0.338 e. The summed E-state index contributed by atoms with van der Waals surface area (Å²) < 4.78 is 15.7. The molecule has 2 N–H and O–H groups in total. The molecular weight excluding hydrogens is 406 g/mol. The summed E-state index contributed by atoms with van der Waals surface area (Å²) in [6, 6.07) is 5.94. The second kappa shape index (κ2) is 9.50. The SMILES string of the molecule is CCOC(=O)C1=C(COC(=O)[C@@H]2CC(=O)N(c3ccccc3OC)C2)NC(=O)N[C@H]1C. The van der Waals surface area contributed by atoms with Gasteiger partial charge >= 0.3 is 18.0 Å². The lowest BCUT2D eigenvalue weighted by molar-refractivity contribution is -0.147. The maximum absolute atomic E-state index is 12.6. The van der Waals surface area contributed by atoms with E-state index in [9.17, 15) is 19.2 Å². The minimum Gasteiger partial charge on any atom is -0.495 e. The van der Waals surface area contributed by atoms with Crippen molar-refractivity contribution in [3.63, 3.8) is 0 Å². The number of nitrogens with zero attached hydrogens (tertiary/aromatic N) is 1. The van der Waals surface area contributed by atoms with Crippen molar-refractivity contribution in [1.29, 1.82) is 0 Å². The van der Waals surface area contributed by atoms with E-state index in [1.54, 1.807) is 38.1 Å². The van der Waals surface area contributed by atoms with Crippen LogP contribution in [0.15, 0.2) is 35.5 Å². The highest BCUT2D eigenvalue weighted by Crippen LogP contribution is 2.33. The summed E-state index contributed by atoms with van der Waals surface area (Å²) in [6.07, 6.45) is -0.00895. The lowest BCUT2D eigenvalue weighted by atomic mass is 10.0. The summed E-state index contributed by atoms with van der Waals surface area (Å²) in [5.74, 6) is -1.57. The van der Waals surface area contributed by atoms with E-state index in [0.29, 0.717) is 11.4 Å². The Kier molecular flexibility index (Phi) is 6.78. The molecule has 166 valence electrons. The van der Waals surface area contributed by atoms with Crippen LogP contribution >= 0.6 is 0 Å². The van der Waals surface area contributed by atoms with Crippen LogP contribution in [0.5, 0.6) is 5.75 Å². The third-order valence-corrected chi connectivity index (χ3v) is 5.06. The number of methoxy groups -OCH3 is 1. The first-order chi connectivity index (χ1) is 14.8. The topological polar surface area (TPSA) is 123 Å². The third-order valence-electron chi connectivity index (χ3n) is 5.06. The number of ether oxygens (including phenoxy) is 3. The molecule has 3 rings (SSSR count). The van der Waals surface area contributed by atoms with Crippen LogP contribution in [0.1, 0.15) is 20.3 Å². The van der Waals surface area contributed by atoms with E-state index in [-0.39, 0.29) is 43.4 Å². The van der Waals surface area contributed by atoms with Gasteiger partial charge in [-0.25, -0.2) is 9.59 Å². The van der Waals surface area contributed by atoms with Crippen LogP contribution in [0.2, 0.25) is 0 Å². The van der Waals surface area contributed by atoms with Crippen molar-refractivity contribution in [2.45, 2.75) is 26.3 Å². The number of hydrogen-bond donors (Lipinski definition) is 2. The molecule has 31 heavy (non-hydrogen) atoms. The van der Waals surface area contributed by atoms with Crippen LogP contribution in [-0.2, 0) is 23.9 Å². The number of carbonyl (C=O) groups is 4. The summed E-state index contributed by atoms with van der Waals surface area (Å²) in [7, 11) is 1.51. The maximum atomic E-state index is 12.6. The van der Waals surface area contributed by atoms with E-state index in [4.69, 9.17) is 14.2 Å². The number of amides is 3. The lowest BCUT2D eigenvalue weighted by Gasteiger charge is -2.26. The second-order valence-electron chi connectivity index (χ2n) is 7.12. The molecule has 2 atom stereocenters. The fourth-order valence-corrected chi connectivity index (χ4v) is 3.61. The predicted octanol–water partition coefficient (Wildman–Crippen LogP) is 1.11. The minimum atomic E-state index is -0.682. The molecule has 10 heteroatoms. The molecular formula is C21H25N3O7. The molecule has 0 radical (unpaired) electrons. The quantitative estimate of drug-likeness (QED) is 0.620. The van der Waals surface area contributed by atoms with E-state index < -0.39 is 29.9 Å². The molecule has 2 aliphatic heterocycles. The van der Waals surface area contributed by atoms with E-state index in [1.165, 1.54) is 12.0 Å². The van der Waals surface area contributed by atoms with Gasteiger partial charge in [0.05, 0.1) is 42.6 Å². The first-order valence-corrected chi connectivity index (χ1v) is 9.93. The van der Waals surface area contributed by atoms with Gasteiger partial charge < -0.3 is 29.7 Å². The van der Waals surface area contributed by atoms with Crippen molar-refractivity contribution in [2.75, 3.05) is 31.8 Å². The molecule has 0 aliphatic carbocycles. The Bertz CT molecular complexity index is 927. The van der Waals surface area contributed by atoms with E-state index in [0.717, 1.165) is 0 Å². The fourth-order valence-electron chi connectivity index (χ4n) is 3.61. The van der Waals surface area contributed by atoms with Gasteiger partial charge in [0.25, 0.3) is 0 Å². The van der Waals surface area contributed by atoms with E-state index in [2.05, 4.69) is 10.6 Å². The zero-order valence-electron chi connectivity index (χ0n) is 17.6. The largest absolute Gasteiger partial charge is 0.495 e. The van der Waals surface area contributed by atoms with Crippen molar-refractivity contribution in [1.82, 2.24) is 10.6 Å². The molecule has 0 aromatic heterocycles. The summed E-state index contributed by atoms with van der Waals surface area (Å²) >= 11 is 0. The van der Waals surface area contributed by atoms with Crippen LogP contribution in [0.25, 0.3) is 0 Å². The Morgan fingerprint density at radius 1 is 1.19 bits per heavy atom. The number of anilines is 1. The van der Waals surface area contributed by atoms with E-state index in [1.807, 2.05) is 0 Å². The molecule has 10 nitrogen and oxygen atoms in total. The van der Waals surface area contributed by atoms with Crippen molar-refractivity contribution in [3.8, 4) is 5.75 Å². The molecule has 1 saturated heterocycles. The van der Waals surface area contributed by atoms with Crippen LogP contribution in [0.4, 0.5) is 10.5 Å². The molecule has 1 aromatic rings. The highest BCUT2D eigenvalue weighted by Gasteiger charge is 2.38. The number of nitrogens with one attached hydrogen (secondary N) is 2. The fraction of sp³-hybridized carbons (Fsp3) is 0.429. The Morgan fingerprint density at radius 2 is 1.94 bits per heavy atom.